The Morgan fingerprint density at radius 1 is 1.44 bits per heavy atom. The molecule has 3 nitrogen and oxygen atoms in total. The maximum atomic E-state index is 11.8. The van der Waals surface area contributed by atoms with Crippen LogP contribution < -0.4 is 0 Å². The normalized spacial score (nSPS) is 29.5. The zero-order valence-electron chi connectivity index (χ0n) is 10.6. The van der Waals surface area contributed by atoms with Gasteiger partial charge in [0, 0.05) is 5.41 Å². The van der Waals surface area contributed by atoms with Crippen LogP contribution in [0.1, 0.15) is 36.8 Å². The Balaban J connectivity index is 2.03. The molecule has 2 aliphatic rings. The molecule has 1 N–H and O–H groups in total. The molecule has 0 radical (unpaired) electrons. The highest BCUT2D eigenvalue weighted by Gasteiger charge is 2.60. The highest BCUT2D eigenvalue weighted by atomic mass is 16.5. The van der Waals surface area contributed by atoms with Crippen LogP contribution in [0.2, 0.25) is 0 Å². The van der Waals surface area contributed by atoms with Crippen LogP contribution in [-0.4, -0.2) is 18.2 Å². The van der Waals surface area contributed by atoms with Gasteiger partial charge >= 0.3 is 5.97 Å². The van der Waals surface area contributed by atoms with Crippen LogP contribution in [0.25, 0.3) is 0 Å². The van der Waals surface area contributed by atoms with Crippen molar-refractivity contribution >= 4 is 5.97 Å². The van der Waals surface area contributed by atoms with Crippen molar-refractivity contribution in [1.82, 2.24) is 0 Å². The van der Waals surface area contributed by atoms with Crippen molar-refractivity contribution in [1.29, 1.82) is 0 Å². The molecular weight excluding hydrogens is 228 g/mol. The first-order chi connectivity index (χ1) is 8.67. The van der Waals surface area contributed by atoms with E-state index in [2.05, 4.69) is 0 Å². The third-order valence-corrected chi connectivity index (χ3v) is 4.51. The van der Waals surface area contributed by atoms with E-state index in [0.29, 0.717) is 5.75 Å². The molecule has 18 heavy (non-hydrogen) atoms. The molecule has 0 bridgehead atoms. The highest BCUT2D eigenvalue weighted by Crippen LogP contribution is 2.60. The molecule has 1 fully saturated rings. The van der Waals surface area contributed by atoms with Gasteiger partial charge in [-0.05, 0) is 48.9 Å². The van der Waals surface area contributed by atoms with Gasteiger partial charge in [-0.15, -0.1) is 0 Å². The summed E-state index contributed by atoms with van der Waals surface area (Å²) in [4.78, 5) is 11.8. The molecule has 2 atom stereocenters. The maximum Gasteiger partial charge on any atom is 0.309 e. The lowest BCUT2D eigenvalue weighted by Gasteiger charge is -2.18. The van der Waals surface area contributed by atoms with Gasteiger partial charge in [-0.25, -0.2) is 0 Å². The molecule has 0 heterocycles. The molecule has 0 aliphatic heterocycles. The van der Waals surface area contributed by atoms with Crippen molar-refractivity contribution in [2.24, 2.45) is 5.92 Å². The molecule has 1 aromatic rings. The predicted molar refractivity (Wildman–Crippen MR) is 67.5 cm³/mol. The van der Waals surface area contributed by atoms with Gasteiger partial charge in [0.1, 0.15) is 5.75 Å². The molecule has 0 amide bonds. The fourth-order valence-electron chi connectivity index (χ4n) is 3.47. The molecular formula is C15H18O3. The first-order valence-corrected chi connectivity index (χ1v) is 6.57. The Kier molecular flexibility index (Phi) is 2.58. The fraction of sp³-hybridized carbons (Fsp3) is 0.533. The van der Waals surface area contributed by atoms with Crippen LogP contribution >= 0.6 is 0 Å². The van der Waals surface area contributed by atoms with E-state index >= 15 is 0 Å². The van der Waals surface area contributed by atoms with Gasteiger partial charge in [-0.1, -0.05) is 12.5 Å². The van der Waals surface area contributed by atoms with Crippen LogP contribution in [0, 0.1) is 5.92 Å². The summed E-state index contributed by atoms with van der Waals surface area (Å²) in [6.45, 7) is 0. The number of carbonyl (C=O) groups is 1. The first kappa shape index (κ1) is 11.6. The zero-order chi connectivity index (χ0) is 12.8. The monoisotopic (exact) mass is 246 g/mol. The molecule has 1 spiro atoms. The van der Waals surface area contributed by atoms with Crippen molar-refractivity contribution in [2.75, 3.05) is 7.11 Å². The molecule has 1 saturated carbocycles. The van der Waals surface area contributed by atoms with Gasteiger partial charge in [0.25, 0.3) is 0 Å². The molecule has 3 heteroatoms. The molecule has 2 aliphatic carbocycles. The molecule has 96 valence electrons. The number of aryl methyl sites for hydroxylation is 1. The van der Waals surface area contributed by atoms with Gasteiger partial charge in [-0.3, -0.25) is 4.79 Å². The van der Waals surface area contributed by atoms with Crippen molar-refractivity contribution in [3.8, 4) is 5.75 Å². The molecule has 0 aromatic heterocycles. The molecule has 0 saturated heterocycles. The Morgan fingerprint density at radius 3 is 3.06 bits per heavy atom. The Hall–Kier alpha value is -1.51. The van der Waals surface area contributed by atoms with Crippen LogP contribution in [0.15, 0.2) is 18.2 Å². The van der Waals surface area contributed by atoms with Crippen LogP contribution in [0.3, 0.4) is 0 Å². The number of ether oxygens (including phenoxy) is 1. The number of rotatable bonds is 1. The summed E-state index contributed by atoms with van der Waals surface area (Å²) in [5.74, 6) is 0.179. The number of methoxy groups -OCH3 is 1. The van der Waals surface area contributed by atoms with E-state index in [9.17, 15) is 9.90 Å². The fourth-order valence-corrected chi connectivity index (χ4v) is 3.47. The molecule has 1 aromatic carbocycles. The number of phenolic OH excluding ortho intramolecular Hbond substituents is 1. The second-order valence-corrected chi connectivity index (χ2v) is 5.48. The van der Waals surface area contributed by atoms with Crippen molar-refractivity contribution in [3.05, 3.63) is 29.3 Å². The van der Waals surface area contributed by atoms with Gasteiger partial charge in [0.15, 0.2) is 0 Å². The van der Waals surface area contributed by atoms with Crippen LogP contribution in [0.4, 0.5) is 0 Å². The minimum absolute atomic E-state index is 0.0128. The van der Waals surface area contributed by atoms with E-state index < -0.39 is 0 Å². The summed E-state index contributed by atoms with van der Waals surface area (Å²) >= 11 is 0. The third-order valence-electron chi connectivity index (χ3n) is 4.51. The number of benzene rings is 1. The Morgan fingerprint density at radius 2 is 2.28 bits per heavy atom. The summed E-state index contributed by atoms with van der Waals surface area (Å²) < 4.78 is 4.89. The van der Waals surface area contributed by atoms with E-state index in [1.54, 1.807) is 6.07 Å². The number of phenols is 1. The average molecular weight is 246 g/mol. The summed E-state index contributed by atoms with van der Waals surface area (Å²) in [6.07, 6.45) is 5.25. The Bertz CT molecular complexity index is 495. The lowest BCUT2D eigenvalue weighted by atomic mass is 9.87. The van der Waals surface area contributed by atoms with Crippen LogP contribution in [-0.2, 0) is 21.4 Å². The van der Waals surface area contributed by atoms with E-state index in [4.69, 9.17) is 4.74 Å². The van der Waals surface area contributed by atoms with Gasteiger partial charge in [0.2, 0.25) is 0 Å². The highest BCUT2D eigenvalue weighted by molar-refractivity contribution is 5.79. The predicted octanol–water partition coefficient (Wildman–Crippen LogP) is 2.55. The number of hydrogen-bond donors (Lipinski definition) is 1. The van der Waals surface area contributed by atoms with Gasteiger partial charge < -0.3 is 9.84 Å². The molecule has 3 rings (SSSR count). The quantitative estimate of drug-likeness (QED) is 0.775. The number of aromatic hydroxyl groups is 1. The zero-order valence-corrected chi connectivity index (χ0v) is 10.6. The van der Waals surface area contributed by atoms with Gasteiger partial charge in [-0.2, -0.15) is 0 Å². The summed E-state index contributed by atoms with van der Waals surface area (Å²) in [5.41, 5.74) is 2.41. The first-order valence-electron chi connectivity index (χ1n) is 6.57. The second-order valence-electron chi connectivity index (χ2n) is 5.48. The largest absolute Gasteiger partial charge is 0.508 e. The number of carbonyl (C=O) groups excluding carboxylic acids is 1. The molecule has 2 unspecified atom stereocenters. The lowest BCUT2D eigenvalue weighted by Crippen LogP contribution is -2.17. The number of hydrogen-bond acceptors (Lipinski definition) is 3. The van der Waals surface area contributed by atoms with Crippen molar-refractivity contribution in [2.45, 2.75) is 37.5 Å². The van der Waals surface area contributed by atoms with E-state index in [1.165, 1.54) is 18.2 Å². The third kappa shape index (κ3) is 1.61. The van der Waals surface area contributed by atoms with Crippen LogP contribution in [0.5, 0.6) is 5.75 Å². The van der Waals surface area contributed by atoms with Crippen molar-refractivity contribution < 1.29 is 14.6 Å². The topological polar surface area (TPSA) is 46.5 Å². The standard InChI is InChI=1S/C15H18O3/c1-18-14(17)13-9-15(13)7-3-2-4-10-5-6-11(16)8-12(10)15/h5-6,8,13,16H,2-4,7,9H2,1H3. The van der Waals surface area contributed by atoms with E-state index in [-0.39, 0.29) is 17.3 Å². The summed E-state index contributed by atoms with van der Waals surface area (Å²) in [6, 6.07) is 5.60. The lowest BCUT2D eigenvalue weighted by molar-refractivity contribution is -0.142. The van der Waals surface area contributed by atoms with E-state index in [1.807, 2.05) is 12.1 Å². The number of fused-ring (bicyclic) bond motifs is 2. The van der Waals surface area contributed by atoms with Crippen molar-refractivity contribution in [3.63, 3.8) is 0 Å². The smallest absolute Gasteiger partial charge is 0.309 e. The maximum absolute atomic E-state index is 11.8. The second kappa shape index (κ2) is 4.01. The summed E-state index contributed by atoms with van der Waals surface area (Å²) in [7, 11) is 1.45. The summed E-state index contributed by atoms with van der Waals surface area (Å²) in [5, 5.41) is 9.71. The minimum atomic E-state index is -0.105. The SMILES string of the molecule is COC(=O)C1CC12CCCCc1ccc(O)cc12. The average Bonchev–Trinajstić information content (AvgIpc) is 3.13. The van der Waals surface area contributed by atoms with E-state index in [0.717, 1.165) is 32.1 Å². The Labute approximate surface area is 107 Å². The minimum Gasteiger partial charge on any atom is -0.508 e. The number of esters is 1. The van der Waals surface area contributed by atoms with Gasteiger partial charge in [0.05, 0.1) is 13.0 Å².